The van der Waals surface area contributed by atoms with Crippen molar-refractivity contribution in [1.29, 1.82) is 0 Å². The number of allylic oxidation sites excluding steroid dienone is 1. The van der Waals surface area contributed by atoms with Crippen LogP contribution in [0.5, 0.6) is 0 Å². The molecule has 5 rings (SSSR count). The maximum Gasteiger partial charge on any atom is 0.410 e. The van der Waals surface area contributed by atoms with Gasteiger partial charge in [-0.1, -0.05) is 36.4 Å². The monoisotopic (exact) mass is 638 g/mol. The van der Waals surface area contributed by atoms with Crippen LogP contribution in [0.25, 0.3) is 5.57 Å². The zero-order chi connectivity index (χ0) is 32.6. The van der Waals surface area contributed by atoms with Gasteiger partial charge in [-0.05, 0) is 93.5 Å². The number of hydrogen-bond acceptors (Lipinski definition) is 7. The Morgan fingerprint density at radius 1 is 1.24 bits per heavy atom. The van der Waals surface area contributed by atoms with Crippen molar-refractivity contribution in [2.24, 2.45) is 13.0 Å². The Morgan fingerprint density at radius 2 is 1.98 bits per heavy atom. The molecule has 2 aromatic rings. The van der Waals surface area contributed by atoms with Crippen LogP contribution in [-0.4, -0.2) is 71.1 Å². The van der Waals surface area contributed by atoms with E-state index in [-0.39, 0.29) is 17.7 Å². The number of hydrogen-bond donors (Lipinski definition) is 3. The first-order valence-corrected chi connectivity index (χ1v) is 16.0. The van der Waals surface area contributed by atoms with Gasteiger partial charge in [-0.15, -0.1) is 0 Å². The summed E-state index contributed by atoms with van der Waals surface area (Å²) in [5, 5.41) is 10.3. The van der Waals surface area contributed by atoms with E-state index in [9.17, 15) is 9.59 Å². The van der Waals surface area contributed by atoms with Crippen molar-refractivity contribution in [1.82, 2.24) is 30.4 Å². The molecule has 3 N–H and O–H groups in total. The molecule has 1 saturated carbocycles. The minimum Gasteiger partial charge on any atom is -0.449 e. The average molecular weight is 639 g/mol. The van der Waals surface area contributed by atoms with Gasteiger partial charge < -0.3 is 34.9 Å². The molecule has 1 unspecified atom stereocenters. The first kappa shape index (κ1) is 34.1. The molecule has 0 bridgehead atoms. The summed E-state index contributed by atoms with van der Waals surface area (Å²) in [7, 11) is 1.91. The van der Waals surface area contributed by atoms with E-state index in [0.717, 1.165) is 73.4 Å². The predicted octanol–water partition coefficient (Wildman–Crippen LogP) is 5.77. The number of rotatable bonds is 7. The third-order valence-corrected chi connectivity index (χ3v) is 7.93. The fraction of sp³-hybridized carbons (Fsp3) is 0.500. The Bertz CT molecular complexity index is 1400. The van der Waals surface area contributed by atoms with Crippen molar-refractivity contribution in [3.05, 3.63) is 83.1 Å². The number of aromatic nitrogens is 2. The molecule has 2 atom stereocenters. The predicted molar refractivity (Wildman–Crippen MR) is 178 cm³/mol. The molecule has 2 amide bonds. The second kappa shape index (κ2) is 15.5. The Balaban J connectivity index is 0.000000297. The molecule has 1 aromatic carbocycles. The summed E-state index contributed by atoms with van der Waals surface area (Å²) in [5.41, 5.74) is 4.40. The first-order chi connectivity index (χ1) is 21.4. The van der Waals surface area contributed by atoms with Gasteiger partial charge in [0.05, 0.1) is 36.9 Å². The Hall–Kier alpha value is -3.76. The highest BCUT2D eigenvalue weighted by Crippen LogP contribution is 2.38. The molecule has 10 nitrogen and oxygen atoms in total. The van der Waals surface area contributed by atoms with E-state index in [2.05, 4.69) is 27.5 Å². The molecule has 1 aliphatic heterocycles. The maximum atomic E-state index is 12.7. The van der Waals surface area contributed by atoms with E-state index >= 15 is 0 Å². The lowest BCUT2D eigenvalue weighted by Crippen LogP contribution is -2.48. The zero-order valence-corrected chi connectivity index (χ0v) is 27.8. The molecule has 244 valence electrons. The van der Waals surface area contributed by atoms with Crippen LogP contribution in [-0.2, 0) is 22.9 Å². The lowest BCUT2D eigenvalue weighted by Gasteiger charge is -2.30. The number of halogens is 1. The highest BCUT2D eigenvalue weighted by atomic mass is 35.5. The molecule has 3 aliphatic rings. The molecule has 0 spiro atoms. The number of nitrogens with zero attached hydrogens (tertiary/aromatic N) is 3. The van der Waals surface area contributed by atoms with Crippen LogP contribution in [0.3, 0.4) is 0 Å². The third-order valence-electron chi connectivity index (χ3n) is 7.70. The molecular formula is C34H47ClN6O4. The van der Waals surface area contributed by atoms with E-state index in [1.807, 2.05) is 75.9 Å². The van der Waals surface area contributed by atoms with E-state index in [4.69, 9.17) is 21.1 Å². The summed E-state index contributed by atoms with van der Waals surface area (Å²) in [6.45, 7) is 15.6. The summed E-state index contributed by atoms with van der Waals surface area (Å²) in [5.74, 6) is 0.491. The highest BCUT2D eigenvalue weighted by Gasteiger charge is 2.30. The molecular weight excluding hydrogens is 592 g/mol. The number of aryl methyl sites for hydroxylation is 1. The van der Waals surface area contributed by atoms with Gasteiger partial charge in [0.1, 0.15) is 5.60 Å². The fourth-order valence-corrected chi connectivity index (χ4v) is 5.28. The van der Waals surface area contributed by atoms with Gasteiger partial charge >= 0.3 is 12.2 Å². The van der Waals surface area contributed by atoms with Gasteiger partial charge in [0.25, 0.3) is 0 Å². The van der Waals surface area contributed by atoms with E-state index in [1.54, 1.807) is 17.4 Å². The number of benzene rings is 1. The number of nitrogens with one attached hydrogen (secondary N) is 3. The number of carbonyl (C=O) groups is 2. The van der Waals surface area contributed by atoms with Crippen molar-refractivity contribution in [3.8, 4) is 0 Å². The largest absolute Gasteiger partial charge is 0.449 e. The Kier molecular flexibility index (Phi) is 11.7. The lowest BCUT2D eigenvalue weighted by molar-refractivity contribution is 0.0229. The summed E-state index contributed by atoms with van der Waals surface area (Å²) >= 11 is 6.40. The van der Waals surface area contributed by atoms with E-state index in [0.29, 0.717) is 17.5 Å². The molecule has 2 aliphatic carbocycles. The van der Waals surface area contributed by atoms with Gasteiger partial charge in [0, 0.05) is 38.2 Å². The zero-order valence-electron chi connectivity index (χ0n) is 27.1. The van der Waals surface area contributed by atoms with Gasteiger partial charge in [0.2, 0.25) is 0 Å². The van der Waals surface area contributed by atoms with Crippen molar-refractivity contribution in [2.75, 3.05) is 32.8 Å². The number of alkyl carbamates (subject to hydrolysis) is 1. The quantitative estimate of drug-likeness (QED) is 0.354. The molecule has 2 heterocycles. The van der Waals surface area contributed by atoms with Crippen LogP contribution in [0.1, 0.15) is 63.4 Å². The Labute approximate surface area is 271 Å². The molecule has 1 saturated heterocycles. The summed E-state index contributed by atoms with van der Waals surface area (Å²) in [4.78, 5) is 30.2. The van der Waals surface area contributed by atoms with Gasteiger partial charge in [0.15, 0.2) is 0 Å². The van der Waals surface area contributed by atoms with Crippen LogP contribution < -0.4 is 16.0 Å². The van der Waals surface area contributed by atoms with E-state index in [1.165, 1.54) is 0 Å². The number of amides is 2. The maximum absolute atomic E-state index is 12.7. The number of piperazine rings is 1. The standard InChI is InChI=1S/C25H29ClN4O2.C9H18N2O2/c1-4-9-28-22-11-18-7-8-19(26)12-20(18)21(10-16(22)2)24(23-13-27-15-30(23)3)29-25(31)32-14-17-5-6-17;1-9(2,3)13-8(12)11-6-4-10-5-7-11/h4,7-10,12-13,15,17,22,24,28H,2,5-6,11,14H2,1,3H3,(H,29,31);10H,4-7H2,1-3H3/b9-4-;/t22?,24-;/m1./s1. The smallest absolute Gasteiger partial charge is 0.410 e. The molecule has 1 aromatic heterocycles. The summed E-state index contributed by atoms with van der Waals surface area (Å²) in [6.07, 6.45) is 11.8. The Morgan fingerprint density at radius 3 is 2.60 bits per heavy atom. The first-order valence-electron chi connectivity index (χ1n) is 15.6. The lowest BCUT2D eigenvalue weighted by atomic mass is 9.92. The fourth-order valence-electron chi connectivity index (χ4n) is 5.11. The van der Waals surface area contributed by atoms with Crippen molar-refractivity contribution >= 4 is 29.4 Å². The van der Waals surface area contributed by atoms with Crippen molar-refractivity contribution in [2.45, 2.75) is 64.6 Å². The van der Waals surface area contributed by atoms with Gasteiger partial charge in [-0.3, -0.25) is 0 Å². The van der Waals surface area contributed by atoms with Crippen molar-refractivity contribution < 1.29 is 19.1 Å². The molecule has 45 heavy (non-hydrogen) atoms. The second-order valence-corrected chi connectivity index (χ2v) is 13.1. The van der Waals surface area contributed by atoms with Crippen LogP contribution in [0.15, 0.2) is 61.2 Å². The molecule has 0 radical (unpaired) electrons. The normalized spacial score (nSPS) is 19.0. The average Bonchev–Trinajstić information content (AvgIpc) is 3.76. The second-order valence-electron chi connectivity index (χ2n) is 12.7. The summed E-state index contributed by atoms with van der Waals surface area (Å²) < 4.78 is 12.6. The van der Waals surface area contributed by atoms with Crippen LogP contribution in [0, 0.1) is 5.92 Å². The third kappa shape index (κ3) is 10.1. The van der Waals surface area contributed by atoms with Crippen molar-refractivity contribution in [3.63, 3.8) is 0 Å². The van der Waals surface area contributed by atoms with E-state index < -0.39 is 12.1 Å². The number of ether oxygens (including phenoxy) is 2. The molecule has 11 heteroatoms. The number of fused-ring (bicyclic) bond motifs is 1. The highest BCUT2D eigenvalue weighted by molar-refractivity contribution is 6.30. The molecule has 2 fully saturated rings. The minimum atomic E-state index is -0.469. The number of carbonyl (C=O) groups excluding carboxylic acids is 2. The van der Waals surface area contributed by atoms with Crippen LogP contribution in [0.2, 0.25) is 5.02 Å². The minimum absolute atomic E-state index is 0.0256. The van der Waals surface area contributed by atoms with Crippen LogP contribution in [0.4, 0.5) is 9.59 Å². The topological polar surface area (TPSA) is 110 Å². The SMILES string of the molecule is C=C1C=C([C@@H](NC(=O)OCC2CC2)c2cncn2C)c2cc(Cl)ccc2CC1N/C=C\C.CC(C)(C)OC(=O)N1CCNCC1. The summed E-state index contributed by atoms with van der Waals surface area (Å²) in [6, 6.07) is 5.45. The number of imidazole rings is 1. The van der Waals surface area contributed by atoms with Gasteiger partial charge in [-0.2, -0.15) is 0 Å². The van der Waals surface area contributed by atoms with Crippen LogP contribution >= 0.6 is 11.6 Å². The van der Waals surface area contributed by atoms with Gasteiger partial charge in [-0.25, -0.2) is 14.6 Å².